The Balaban J connectivity index is 1.33. The molecule has 2 aromatic rings. The van der Waals surface area contributed by atoms with Gasteiger partial charge in [-0.2, -0.15) is 0 Å². The highest BCUT2D eigenvalue weighted by Gasteiger charge is 2.26. The third-order valence-electron chi connectivity index (χ3n) is 5.52. The quantitative estimate of drug-likeness (QED) is 0.828. The Bertz CT molecular complexity index is 747. The highest BCUT2D eigenvalue weighted by Crippen LogP contribution is 2.40. The van der Waals surface area contributed by atoms with E-state index < -0.39 is 5.97 Å². The van der Waals surface area contributed by atoms with E-state index in [1.54, 1.807) is 11.8 Å². The molecule has 1 aliphatic carbocycles. The Labute approximate surface area is 157 Å². The first-order valence-corrected chi connectivity index (χ1v) is 10.2. The highest BCUT2D eigenvalue weighted by molar-refractivity contribution is 7.99. The topological polar surface area (TPSA) is 82.1 Å². The third-order valence-corrected chi connectivity index (χ3v) is 6.83. The number of hydrogen-bond acceptors (Lipinski definition) is 5. The molecule has 0 bridgehead atoms. The molecule has 138 valence electrons. The molecule has 1 aliphatic heterocycles. The van der Waals surface area contributed by atoms with Gasteiger partial charge >= 0.3 is 5.97 Å². The van der Waals surface area contributed by atoms with Gasteiger partial charge in [-0.15, -0.1) is 5.10 Å². The van der Waals surface area contributed by atoms with Gasteiger partial charge in [0.05, 0.1) is 0 Å². The van der Waals surface area contributed by atoms with Gasteiger partial charge in [0.25, 0.3) is 0 Å². The second-order valence-electron chi connectivity index (χ2n) is 7.17. The van der Waals surface area contributed by atoms with E-state index in [1.807, 2.05) is 0 Å². The molecule has 4 rings (SSSR count). The van der Waals surface area contributed by atoms with Crippen LogP contribution in [0.5, 0.6) is 0 Å². The fourth-order valence-corrected chi connectivity index (χ4v) is 5.21. The van der Waals surface area contributed by atoms with E-state index >= 15 is 0 Å². The van der Waals surface area contributed by atoms with Crippen LogP contribution < -0.4 is 4.90 Å². The monoisotopic (exact) mass is 372 g/mol. The van der Waals surface area contributed by atoms with Crippen LogP contribution in [0, 0.1) is 0 Å². The van der Waals surface area contributed by atoms with Crippen LogP contribution in [-0.4, -0.2) is 44.8 Å². The summed E-state index contributed by atoms with van der Waals surface area (Å²) >= 11 is 1.55. The van der Waals surface area contributed by atoms with Gasteiger partial charge in [0, 0.05) is 24.0 Å². The molecule has 1 aromatic carbocycles. The minimum Gasteiger partial charge on any atom is -0.476 e. The maximum atomic E-state index is 11.2. The number of carboxylic acids is 1. The zero-order chi connectivity index (χ0) is 17.9. The summed E-state index contributed by atoms with van der Waals surface area (Å²) in [6.07, 6.45) is 7.04. The largest absolute Gasteiger partial charge is 0.476 e. The average Bonchev–Trinajstić information content (AvgIpc) is 3.34. The zero-order valence-corrected chi connectivity index (χ0v) is 15.5. The summed E-state index contributed by atoms with van der Waals surface area (Å²) in [7, 11) is 0. The summed E-state index contributed by atoms with van der Waals surface area (Å²) in [4.78, 5) is 13.6. The molecule has 2 N–H and O–H groups in total. The predicted molar refractivity (Wildman–Crippen MR) is 102 cm³/mol. The van der Waals surface area contributed by atoms with E-state index in [4.69, 9.17) is 5.11 Å². The predicted octanol–water partition coefficient (Wildman–Crippen LogP) is 3.92. The lowest BCUT2D eigenvalue weighted by molar-refractivity contribution is 0.0686. The number of carboxylic acid groups (broad SMARTS) is 1. The molecule has 1 aromatic heterocycles. The number of aromatic amines is 1. The maximum absolute atomic E-state index is 11.2. The first-order chi connectivity index (χ1) is 12.7. The van der Waals surface area contributed by atoms with Crippen molar-refractivity contribution in [2.75, 3.05) is 18.0 Å². The number of hydrogen-bond donors (Lipinski definition) is 2. The number of H-pyrrole nitrogens is 1. The van der Waals surface area contributed by atoms with Crippen LogP contribution in [0.2, 0.25) is 0 Å². The van der Waals surface area contributed by atoms with Crippen LogP contribution >= 0.6 is 11.8 Å². The van der Waals surface area contributed by atoms with Crippen molar-refractivity contribution in [3.63, 3.8) is 0 Å². The highest BCUT2D eigenvalue weighted by atomic mass is 32.2. The number of benzene rings is 1. The van der Waals surface area contributed by atoms with Crippen LogP contribution in [0.1, 0.15) is 60.5 Å². The smallest absolute Gasteiger partial charge is 0.356 e. The van der Waals surface area contributed by atoms with Gasteiger partial charge in [0.2, 0.25) is 0 Å². The van der Waals surface area contributed by atoms with Crippen molar-refractivity contribution in [2.45, 2.75) is 54.7 Å². The van der Waals surface area contributed by atoms with E-state index in [0.29, 0.717) is 16.2 Å². The third kappa shape index (κ3) is 3.72. The molecular weight excluding hydrogens is 348 g/mol. The van der Waals surface area contributed by atoms with E-state index in [2.05, 4.69) is 44.6 Å². The van der Waals surface area contributed by atoms with E-state index in [0.717, 1.165) is 25.7 Å². The summed E-state index contributed by atoms with van der Waals surface area (Å²) in [5, 5.41) is 20.1. The van der Waals surface area contributed by atoms with Gasteiger partial charge in [-0.25, -0.2) is 4.79 Å². The second kappa shape index (κ2) is 7.70. The minimum absolute atomic E-state index is 0.106. The molecule has 0 atom stereocenters. The summed E-state index contributed by atoms with van der Waals surface area (Å²) in [6, 6.07) is 9.14. The Hall–Kier alpha value is -2.02. The molecule has 1 saturated heterocycles. The Kier molecular flexibility index (Phi) is 5.15. The molecule has 2 aliphatic rings. The summed E-state index contributed by atoms with van der Waals surface area (Å²) in [5.74, 6) is -0.389. The summed E-state index contributed by atoms with van der Waals surface area (Å²) in [6.45, 7) is 2.37. The molecule has 1 saturated carbocycles. The Morgan fingerprint density at radius 2 is 1.81 bits per heavy atom. The summed E-state index contributed by atoms with van der Waals surface area (Å²) < 4.78 is 0. The number of nitrogens with zero attached hydrogens (tertiary/aromatic N) is 3. The number of anilines is 1. The van der Waals surface area contributed by atoms with Crippen molar-refractivity contribution in [3.8, 4) is 0 Å². The maximum Gasteiger partial charge on any atom is 0.356 e. The van der Waals surface area contributed by atoms with Gasteiger partial charge in [0.1, 0.15) is 0 Å². The minimum atomic E-state index is -0.996. The standard InChI is InChI=1S/C19H24N4O2S/c24-19(25)17-18(21-22-20-17)26-16-9-5-14(6-10-16)13-3-7-15(8-4-13)23-11-1-2-12-23/h3-4,7-8,14,16H,1-2,5-6,9-12H2,(H,24,25)(H,20,21,22)/t14-,16+. The molecule has 0 spiro atoms. The number of thioether (sulfide) groups is 1. The van der Waals surface area contributed by atoms with Crippen LogP contribution in [0.3, 0.4) is 0 Å². The van der Waals surface area contributed by atoms with Crippen LogP contribution in [0.15, 0.2) is 29.3 Å². The molecule has 26 heavy (non-hydrogen) atoms. The van der Waals surface area contributed by atoms with Crippen molar-refractivity contribution >= 4 is 23.4 Å². The second-order valence-corrected chi connectivity index (χ2v) is 8.46. The van der Waals surface area contributed by atoms with Crippen molar-refractivity contribution in [1.29, 1.82) is 0 Å². The van der Waals surface area contributed by atoms with Gasteiger partial charge in [-0.3, -0.25) is 5.10 Å². The SMILES string of the molecule is O=C(O)c1[nH]nnc1S[C@H]1CC[C@@H](c2ccc(N3CCCC3)cc2)CC1. The molecule has 2 heterocycles. The first-order valence-electron chi connectivity index (χ1n) is 9.36. The lowest BCUT2D eigenvalue weighted by Gasteiger charge is -2.28. The van der Waals surface area contributed by atoms with Crippen molar-refractivity contribution in [3.05, 3.63) is 35.5 Å². The number of rotatable bonds is 5. The fraction of sp³-hybridized carbons (Fsp3) is 0.526. The van der Waals surface area contributed by atoms with Crippen molar-refractivity contribution in [1.82, 2.24) is 15.4 Å². The van der Waals surface area contributed by atoms with E-state index in [1.165, 1.54) is 37.2 Å². The van der Waals surface area contributed by atoms with Gasteiger partial charge in [-0.1, -0.05) is 29.1 Å². The van der Waals surface area contributed by atoms with Gasteiger partial charge in [0.15, 0.2) is 10.7 Å². The lowest BCUT2D eigenvalue weighted by Crippen LogP contribution is -2.18. The molecule has 2 fully saturated rings. The normalized spacial score (nSPS) is 23.3. The zero-order valence-electron chi connectivity index (χ0n) is 14.7. The lowest BCUT2D eigenvalue weighted by atomic mass is 9.84. The number of carbonyl (C=O) groups is 1. The van der Waals surface area contributed by atoms with Crippen LogP contribution in [0.4, 0.5) is 5.69 Å². The van der Waals surface area contributed by atoms with Gasteiger partial charge in [-0.05, 0) is 62.1 Å². The Morgan fingerprint density at radius 1 is 1.12 bits per heavy atom. The molecule has 0 amide bonds. The molecule has 6 nitrogen and oxygen atoms in total. The van der Waals surface area contributed by atoms with E-state index in [-0.39, 0.29) is 5.69 Å². The average molecular weight is 372 g/mol. The number of aromatic carboxylic acids is 1. The fourth-order valence-electron chi connectivity index (χ4n) is 4.04. The first kappa shape index (κ1) is 17.4. The summed E-state index contributed by atoms with van der Waals surface area (Å²) in [5.41, 5.74) is 2.89. The van der Waals surface area contributed by atoms with Crippen molar-refractivity contribution in [2.24, 2.45) is 0 Å². The number of aromatic nitrogens is 3. The molecule has 7 heteroatoms. The van der Waals surface area contributed by atoms with Crippen molar-refractivity contribution < 1.29 is 9.90 Å². The Morgan fingerprint density at radius 3 is 2.46 bits per heavy atom. The molecule has 0 radical (unpaired) electrons. The van der Waals surface area contributed by atoms with E-state index in [9.17, 15) is 4.79 Å². The van der Waals surface area contributed by atoms with Gasteiger partial charge < -0.3 is 10.0 Å². The van der Waals surface area contributed by atoms with Crippen LogP contribution in [-0.2, 0) is 0 Å². The molecular formula is C19H24N4O2S. The van der Waals surface area contributed by atoms with Crippen LogP contribution in [0.25, 0.3) is 0 Å². The molecule has 0 unspecified atom stereocenters. The number of nitrogens with one attached hydrogen (secondary N) is 1.